The minimum absolute atomic E-state index is 0.173. The summed E-state index contributed by atoms with van der Waals surface area (Å²) in [5, 5.41) is 4.86. The molecule has 1 N–H and O–H groups in total. The molecule has 0 bridgehead atoms. The zero-order valence-electron chi connectivity index (χ0n) is 15.9. The zero-order valence-corrected chi connectivity index (χ0v) is 17.6. The Morgan fingerprint density at radius 3 is 2.48 bits per heavy atom. The van der Waals surface area contributed by atoms with Crippen molar-refractivity contribution in [2.24, 2.45) is 0 Å². The van der Waals surface area contributed by atoms with Crippen LogP contribution >= 0.6 is 11.3 Å². The highest BCUT2D eigenvalue weighted by atomic mass is 32.2. The van der Waals surface area contributed by atoms with E-state index in [-0.39, 0.29) is 23.0 Å². The van der Waals surface area contributed by atoms with Crippen LogP contribution < -0.4 is 5.32 Å². The van der Waals surface area contributed by atoms with Gasteiger partial charge in [-0.3, -0.25) is 14.5 Å². The quantitative estimate of drug-likeness (QED) is 0.711. The van der Waals surface area contributed by atoms with Crippen LogP contribution in [0.1, 0.15) is 24.6 Å². The van der Waals surface area contributed by atoms with Gasteiger partial charge in [0.1, 0.15) is 5.70 Å². The van der Waals surface area contributed by atoms with Gasteiger partial charge in [-0.2, -0.15) is 4.31 Å². The Bertz CT molecular complexity index is 1080. The molecule has 1 aromatic heterocycles. The number of anilines is 1. The Hall–Kier alpha value is -2.49. The molecule has 152 valence electrons. The van der Waals surface area contributed by atoms with Crippen LogP contribution in [0.25, 0.3) is 5.57 Å². The molecule has 2 aliphatic rings. The van der Waals surface area contributed by atoms with Crippen molar-refractivity contribution >= 4 is 44.4 Å². The topological polar surface area (TPSA) is 86.8 Å². The van der Waals surface area contributed by atoms with E-state index in [4.69, 9.17) is 0 Å². The number of rotatable bonds is 6. The molecule has 9 heteroatoms. The number of amides is 2. The molecule has 0 radical (unpaired) electrons. The Kier molecular flexibility index (Phi) is 5.28. The van der Waals surface area contributed by atoms with Crippen molar-refractivity contribution in [3.63, 3.8) is 0 Å². The van der Waals surface area contributed by atoms with Gasteiger partial charge in [0.05, 0.1) is 10.5 Å². The van der Waals surface area contributed by atoms with Gasteiger partial charge in [-0.1, -0.05) is 12.1 Å². The van der Waals surface area contributed by atoms with Crippen molar-refractivity contribution in [1.82, 2.24) is 9.21 Å². The standard InChI is InChI=1S/C20H21N3O4S2/c1-2-23-19(24)17(16-9-6-12-28-16)18(20(23)25)21-14-7-5-8-15(13-14)29(26,27)22-10-3-4-11-22/h5-9,12-13,21H,2-4,10-11H2,1H3. The fourth-order valence-corrected chi connectivity index (χ4v) is 5.92. The summed E-state index contributed by atoms with van der Waals surface area (Å²) < 4.78 is 27.2. The molecule has 2 amide bonds. The summed E-state index contributed by atoms with van der Waals surface area (Å²) in [6.07, 6.45) is 1.72. The highest BCUT2D eigenvalue weighted by molar-refractivity contribution is 7.89. The van der Waals surface area contributed by atoms with Gasteiger partial charge < -0.3 is 5.32 Å². The van der Waals surface area contributed by atoms with Crippen molar-refractivity contribution in [2.75, 3.05) is 25.0 Å². The molecule has 4 rings (SSSR count). The van der Waals surface area contributed by atoms with Crippen molar-refractivity contribution in [1.29, 1.82) is 0 Å². The molecular formula is C20H21N3O4S2. The highest BCUT2D eigenvalue weighted by Gasteiger charge is 2.38. The normalized spacial score (nSPS) is 18.2. The molecular weight excluding hydrogens is 410 g/mol. The number of imide groups is 1. The second-order valence-electron chi connectivity index (χ2n) is 6.85. The molecule has 3 heterocycles. The molecule has 1 saturated heterocycles. The van der Waals surface area contributed by atoms with E-state index < -0.39 is 15.9 Å². The van der Waals surface area contributed by atoms with Gasteiger partial charge in [0.2, 0.25) is 10.0 Å². The van der Waals surface area contributed by atoms with Crippen molar-refractivity contribution in [3.05, 3.63) is 52.4 Å². The summed E-state index contributed by atoms with van der Waals surface area (Å²) in [6, 6.07) is 10.00. The number of nitrogens with one attached hydrogen (secondary N) is 1. The molecule has 2 aliphatic heterocycles. The summed E-state index contributed by atoms with van der Waals surface area (Å²) in [6.45, 7) is 3.05. The lowest BCUT2D eigenvalue weighted by Crippen LogP contribution is -2.32. The van der Waals surface area contributed by atoms with Crippen LogP contribution in [0.4, 0.5) is 5.69 Å². The van der Waals surface area contributed by atoms with Crippen LogP contribution in [0.3, 0.4) is 0 Å². The summed E-state index contributed by atoms with van der Waals surface area (Å²) >= 11 is 1.38. The summed E-state index contributed by atoms with van der Waals surface area (Å²) in [4.78, 5) is 27.6. The number of hydrogen-bond acceptors (Lipinski definition) is 6. The first-order valence-electron chi connectivity index (χ1n) is 9.45. The molecule has 0 unspecified atom stereocenters. The monoisotopic (exact) mass is 431 g/mol. The largest absolute Gasteiger partial charge is 0.350 e. The molecule has 7 nitrogen and oxygen atoms in total. The molecule has 1 fully saturated rings. The molecule has 1 aromatic carbocycles. The van der Waals surface area contributed by atoms with Crippen LogP contribution in [0, 0.1) is 0 Å². The lowest BCUT2D eigenvalue weighted by Gasteiger charge is -2.16. The maximum Gasteiger partial charge on any atom is 0.278 e. The number of likely N-dealkylation sites (N-methyl/N-ethyl adjacent to an activating group) is 1. The lowest BCUT2D eigenvalue weighted by atomic mass is 10.2. The molecule has 0 atom stereocenters. The van der Waals surface area contributed by atoms with E-state index in [0.29, 0.717) is 29.2 Å². The number of nitrogens with zero attached hydrogens (tertiary/aromatic N) is 2. The number of carbonyl (C=O) groups is 2. The third-order valence-corrected chi connectivity index (χ3v) is 7.84. The maximum atomic E-state index is 12.8. The van der Waals surface area contributed by atoms with Gasteiger partial charge in [-0.25, -0.2) is 8.42 Å². The number of thiophene rings is 1. The van der Waals surface area contributed by atoms with Crippen LogP contribution in [-0.4, -0.2) is 49.1 Å². The van der Waals surface area contributed by atoms with E-state index in [1.165, 1.54) is 26.6 Å². The predicted octanol–water partition coefficient (Wildman–Crippen LogP) is 2.74. The molecule has 29 heavy (non-hydrogen) atoms. The van der Waals surface area contributed by atoms with E-state index in [9.17, 15) is 18.0 Å². The van der Waals surface area contributed by atoms with Crippen molar-refractivity contribution in [3.8, 4) is 0 Å². The first-order chi connectivity index (χ1) is 13.9. The summed E-state index contributed by atoms with van der Waals surface area (Å²) in [7, 11) is -3.57. The Balaban J connectivity index is 1.71. The highest BCUT2D eigenvalue weighted by Crippen LogP contribution is 2.33. The second-order valence-corrected chi connectivity index (χ2v) is 9.73. The van der Waals surface area contributed by atoms with E-state index in [2.05, 4.69) is 5.32 Å². The zero-order chi connectivity index (χ0) is 20.6. The number of hydrogen-bond donors (Lipinski definition) is 1. The van der Waals surface area contributed by atoms with E-state index in [1.807, 2.05) is 11.4 Å². The fraction of sp³-hybridized carbons (Fsp3) is 0.300. The number of carbonyl (C=O) groups excluding carboxylic acids is 2. The fourth-order valence-electron chi connectivity index (χ4n) is 3.58. The average Bonchev–Trinajstić information content (AvgIpc) is 3.45. The van der Waals surface area contributed by atoms with Gasteiger partial charge in [0.25, 0.3) is 11.8 Å². The van der Waals surface area contributed by atoms with Crippen molar-refractivity contribution in [2.45, 2.75) is 24.7 Å². The van der Waals surface area contributed by atoms with Gasteiger partial charge in [-0.05, 0) is 49.4 Å². The Morgan fingerprint density at radius 1 is 1.07 bits per heavy atom. The Labute approximate surface area is 173 Å². The number of sulfonamides is 1. The number of benzene rings is 1. The third-order valence-electron chi connectivity index (χ3n) is 5.06. The van der Waals surface area contributed by atoms with Gasteiger partial charge in [-0.15, -0.1) is 11.3 Å². The first kappa shape index (κ1) is 19.8. The first-order valence-corrected chi connectivity index (χ1v) is 11.8. The molecule has 0 saturated carbocycles. The minimum atomic E-state index is -3.57. The SMILES string of the molecule is CCN1C(=O)C(Nc2cccc(S(=O)(=O)N3CCCC3)c2)=C(c2cccs2)C1=O. The maximum absolute atomic E-state index is 12.8. The molecule has 2 aromatic rings. The van der Waals surface area contributed by atoms with Crippen LogP contribution in [0.15, 0.2) is 52.4 Å². The van der Waals surface area contributed by atoms with Gasteiger partial charge >= 0.3 is 0 Å². The van der Waals surface area contributed by atoms with E-state index >= 15 is 0 Å². The van der Waals surface area contributed by atoms with E-state index in [1.54, 1.807) is 31.2 Å². The average molecular weight is 432 g/mol. The van der Waals surface area contributed by atoms with Crippen LogP contribution in [0.5, 0.6) is 0 Å². The lowest BCUT2D eigenvalue weighted by molar-refractivity contribution is -0.136. The second kappa shape index (κ2) is 7.74. The smallest absolute Gasteiger partial charge is 0.278 e. The molecule has 0 aliphatic carbocycles. The third kappa shape index (κ3) is 3.50. The van der Waals surface area contributed by atoms with Crippen LogP contribution in [-0.2, 0) is 19.6 Å². The summed E-state index contributed by atoms with van der Waals surface area (Å²) in [5.74, 6) is -0.753. The van der Waals surface area contributed by atoms with Gasteiger partial charge in [0, 0.05) is 30.2 Å². The van der Waals surface area contributed by atoms with Crippen LogP contribution in [0.2, 0.25) is 0 Å². The van der Waals surface area contributed by atoms with Crippen molar-refractivity contribution < 1.29 is 18.0 Å². The minimum Gasteiger partial charge on any atom is -0.350 e. The summed E-state index contributed by atoms with van der Waals surface area (Å²) in [5.41, 5.74) is 0.947. The predicted molar refractivity (Wildman–Crippen MR) is 112 cm³/mol. The van der Waals surface area contributed by atoms with Gasteiger partial charge in [0.15, 0.2) is 0 Å². The molecule has 0 spiro atoms. The Morgan fingerprint density at radius 2 is 1.83 bits per heavy atom. The van der Waals surface area contributed by atoms with E-state index in [0.717, 1.165) is 12.8 Å².